The maximum absolute atomic E-state index is 12.4. The topological polar surface area (TPSA) is 105 Å². The van der Waals surface area contributed by atoms with Crippen molar-refractivity contribution in [3.8, 4) is 0 Å². The van der Waals surface area contributed by atoms with Crippen molar-refractivity contribution in [2.45, 2.75) is 32.2 Å². The van der Waals surface area contributed by atoms with Gasteiger partial charge in [0.1, 0.15) is 5.54 Å². The van der Waals surface area contributed by atoms with E-state index in [-0.39, 0.29) is 17.6 Å². The Labute approximate surface area is 120 Å². The molecular formula is C13H16N4O4. The number of rotatable bonds is 1. The average molecular weight is 292 g/mol. The van der Waals surface area contributed by atoms with Gasteiger partial charge in [-0.25, -0.2) is 9.78 Å². The first-order valence-electron chi connectivity index (χ1n) is 6.78. The summed E-state index contributed by atoms with van der Waals surface area (Å²) in [6, 6.07) is -0.471. The molecule has 2 N–H and O–H groups in total. The predicted octanol–water partition coefficient (Wildman–Crippen LogP) is 0.106. The number of imide groups is 1. The molecule has 21 heavy (non-hydrogen) atoms. The van der Waals surface area contributed by atoms with Crippen LogP contribution in [0.1, 0.15) is 35.0 Å². The molecule has 2 aliphatic heterocycles. The lowest BCUT2D eigenvalue weighted by atomic mass is 9.87. The third-order valence-corrected chi connectivity index (χ3v) is 4.02. The molecule has 1 aromatic rings. The summed E-state index contributed by atoms with van der Waals surface area (Å²) in [5, 5.41) is 4.90. The van der Waals surface area contributed by atoms with Crippen molar-refractivity contribution in [2.75, 3.05) is 13.1 Å². The van der Waals surface area contributed by atoms with E-state index in [2.05, 4.69) is 15.6 Å². The highest BCUT2D eigenvalue weighted by atomic mass is 16.4. The molecule has 1 aromatic heterocycles. The lowest BCUT2D eigenvalue weighted by Gasteiger charge is -2.36. The van der Waals surface area contributed by atoms with Crippen LogP contribution in [0.4, 0.5) is 4.79 Å². The molecular weight excluding hydrogens is 276 g/mol. The Bertz CT molecular complexity index is 628. The highest BCUT2D eigenvalue weighted by molar-refractivity contribution is 6.07. The van der Waals surface area contributed by atoms with E-state index < -0.39 is 11.6 Å². The molecule has 0 radical (unpaired) electrons. The van der Waals surface area contributed by atoms with Gasteiger partial charge in [-0.05, 0) is 19.8 Å². The summed E-state index contributed by atoms with van der Waals surface area (Å²) in [6.45, 7) is 4.17. The third-order valence-electron chi connectivity index (χ3n) is 4.02. The van der Waals surface area contributed by atoms with Gasteiger partial charge in [0.15, 0.2) is 5.89 Å². The van der Waals surface area contributed by atoms with E-state index in [4.69, 9.17) is 4.42 Å². The van der Waals surface area contributed by atoms with Crippen molar-refractivity contribution in [1.82, 2.24) is 20.5 Å². The Hall–Kier alpha value is -2.38. The third kappa shape index (κ3) is 2.16. The Kier molecular flexibility index (Phi) is 2.96. The van der Waals surface area contributed by atoms with E-state index in [0.717, 1.165) is 0 Å². The lowest BCUT2D eigenvalue weighted by Crippen LogP contribution is -2.55. The van der Waals surface area contributed by atoms with Gasteiger partial charge in [0.05, 0.1) is 5.69 Å². The Balaban J connectivity index is 1.71. The molecule has 0 unspecified atom stereocenters. The fourth-order valence-corrected chi connectivity index (χ4v) is 2.85. The van der Waals surface area contributed by atoms with Crippen LogP contribution in [-0.4, -0.2) is 46.4 Å². The smallest absolute Gasteiger partial charge is 0.322 e. The molecule has 0 atom stereocenters. The molecule has 3 rings (SSSR count). The maximum atomic E-state index is 12.4. The average Bonchev–Trinajstić information content (AvgIpc) is 2.90. The zero-order valence-electron chi connectivity index (χ0n) is 11.9. The number of piperidine rings is 1. The van der Waals surface area contributed by atoms with Gasteiger partial charge in [-0.15, -0.1) is 0 Å². The monoisotopic (exact) mass is 292 g/mol. The minimum absolute atomic E-state index is 0.229. The van der Waals surface area contributed by atoms with Crippen LogP contribution < -0.4 is 10.6 Å². The van der Waals surface area contributed by atoms with Crippen molar-refractivity contribution in [2.24, 2.45) is 0 Å². The Morgan fingerprint density at radius 1 is 1.29 bits per heavy atom. The first kappa shape index (κ1) is 13.6. The number of hydrogen-bond donors (Lipinski definition) is 2. The molecule has 8 heteroatoms. The molecule has 2 fully saturated rings. The van der Waals surface area contributed by atoms with E-state index in [0.29, 0.717) is 37.5 Å². The van der Waals surface area contributed by atoms with E-state index in [9.17, 15) is 14.4 Å². The minimum Gasteiger partial charge on any atom is -0.436 e. The molecule has 0 saturated carbocycles. The summed E-state index contributed by atoms with van der Waals surface area (Å²) in [5.74, 6) is 0.147. The van der Waals surface area contributed by atoms with Gasteiger partial charge in [0, 0.05) is 20.0 Å². The highest BCUT2D eigenvalue weighted by Gasteiger charge is 2.48. The number of hydrogen-bond acceptors (Lipinski definition) is 5. The molecule has 3 heterocycles. The van der Waals surface area contributed by atoms with Gasteiger partial charge < -0.3 is 14.6 Å². The summed E-state index contributed by atoms with van der Waals surface area (Å²) < 4.78 is 5.33. The van der Waals surface area contributed by atoms with Gasteiger partial charge in [0.25, 0.3) is 11.8 Å². The van der Waals surface area contributed by atoms with Crippen LogP contribution >= 0.6 is 0 Å². The quantitative estimate of drug-likeness (QED) is 0.715. The van der Waals surface area contributed by atoms with Crippen molar-refractivity contribution in [3.05, 3.63) is 17.3 Å². The van der Waals surface area contributed by atoms with E-state index in [1.54, 1.807) is 18.7 Å². The van der Waals surface area contributed by atoms with Crippen molar-refractivity contribution in [1.29, 1.82) is 0 Å². The van der Waals surface area contributed by atoms with Gasteiger partial charge >= 0.3 is 6.03 Å². The number of carbonyl (C=O) groups is 3. The van der Waals surface area contributed by atoms with Crippen molar-refractivity contribution < 1.29 is 18.8 Å². The van der Waals surface area contributed by atoms with E-state index >= 15 is 0 Å². The van der Waals surface area contributed by atoms with E-state index in [1.165, 1.54) is 0 Å². The second-order valence-corrected chi connectivity index (χ2v) is 5.43. The largest absolute Gasteiger partial charge is 0.436 e. The van der Waals surface area contributed by atoms with Gasteiger partial charge in [-0.3, -0.25) is 14.9 Å². The standard InChI is InChI=1S/C13H16N4O4/c1-7-9(21-8(2)14-7)10(18)17-5-3-13(4-6-17)11(19)15-12(20)16-13/h3-6H2,1-2H3,(H2,15,16,19,20). The van der Waals surface area contributed by atoms with Crippen LogP contribution in [0.2, 0.25) is 0 Å². The van der Waals surface area contributed by atoms with Crippen LogP contribution in [0.3, 0.4) is 0 Å². The minimum atomic E-state index is -0.875. The summed E-state index contributed by atoms with van der Waals surface area (Å²) in [6.07, 6.45) is 0.783. The second-order valence-electron chi connectivity index (χ2n) is 5.43. The zero-order chi connectivity index (χ0) is 15.2. The van der Waals surface area contributed by atoms with Crippen LogP contribution in [0, 0.1) is 13.8 Å². The summed E-state index contributed by atoms with van der Waals surface area (Å²) in [7, 11) is 0. The molecule has 0 aliphatic carbocycles. The number of urea groups is 1. The predicted molar refractivity (Wildman–Crippen MR) is 70.5 cm³/mol. The van der Waals surface area contributed by atoms with Crippen LogP contribution in [0.5, 0.6) is 0 Å². The molecule has 4 amide bonds. The summed E-state index contributed by atoms with van der Waals surface area (Å²) >= 11 is 0. The van der Waals surface area contributed by atoms with Crippen LogP contribution in [0.25, 0.3) is 0 Å². The fraction of sp³-hybridized carbons (Fsp3) is 0.538. The van der Waals surface area contributed by atoms with Crippen molar-refractivity contribution >= 4 is 17.8 Å². The summed E-state index contributed by atoms with van der Waals surface area (Å²) in [5.41, 5.74) is -0.315. The maximum Gasteiger partial charge on any atom is 0.322 e. The summed E-state index contributed by atoms with van der Waals surface area (Å²) in [4.78, 5) is 41.2. The second kappa shape index (κ2) is 4.57. The van der Waals surface area contributed by atoms with Gasteiger partial charge in [0.2, 0.25) is 5.76 Å². The molecule has 1 spiro atoms. The number of carbonyl (C=O) groups excluding carboxylic acids is 3. The first-order chi connectivity index (χ1) is 9.91. The van der Waals surface area contributed by atoms with Crippen molar-refractivity contribution in [3.63, 3.8) is 0 Å². The SMILES string of the molecule is Cc1nc(C)c(C(=O)N2CCC3(CC2)NC(=O)NC3=O)o1. The number of oxazole rings is 1. The van der Waals surface area contributed by atoms with Crippen LogP contribution in [0.15, 0.2) is 4.42 Å². The number of nitrogens with one attached hydrogen (secondary N) is 2. The first-order valence-corrected chi connectivity index (χ1v) is 6.78. The molecule has 112 valence electrons. The highest BCUT2D eigenvalue weighted by Crippen LogP contribution is 2.26. The molecule has 0 aromatic carbocycles. The fourth-order valence-electron chi connectivity index (χ4n) is 2.85. The normalized spacial score (nSPS) is 20.6. The zero-order valence-corrected chi connectivity index (χ0v) is 11.9. The number of amides is 4. The molecule has 8 nitrogen and oxygen atoms in total. The van der Waals surface area contributed by atoms with E-state index in [1.807, 2.05) is 0 Å². The number of aryl methyl sites for hydroxylation is 2. The van der Waals surface area contributed by atoms with Gasteiger partial charge in [-0.1, -0.05) is 0 Å². The number of aromatic nitrogens is 1. The Morgan fingerprint density at radius 2 is 1.95 bits per heavy atom. The molecule has 2 saturated heterocycles. The van der Waals surface area contributed by atoms with Crippen LogP contribution in [-0.2, 0) is 4.79 Å². The molecule has 0 bridgehead atoms. The lowest BCUT2D eigenvalue weighted by molar-refractivity contribution is -0.125. The molecule has 2 aliphatic rings. The number of nitrogens with zero attached hydrogens (tertiary/aromatic N) is 2. The van der Waals surface area contributed by atoms with Gasteiger partial charge in [-0.2, -0.15) is 0 Å². The number of likely N-dealkylation sites (tertiary alicyclic amines) is 1. The Morgan fingerprint density at radius 3 is 2.43 bits per heavy atom.